The second kappa shape index (κ2) is 6.55. The Morgan fingerprint density at radius 1 is 1.21 bits per heavy atom. The van der Waals surface area contributed by atoms with Gasteiger partial charge >= 0.3 is 11.9 Å². The van der Waals surface area contributed by atoms with Crippen molar-refractivity contribution in [1.82, 2.24) is 0 Å². The molecular formula is C22H29ClO6. The van der Waals surface area contributed by atoms with Crippen molar-refractivity contribution in [3.63, 3.8) is 0 Å². The van der Waals surface area contributed by atoms with E-state index in [0.29, 0.717) is 19.3 Å². The highest BCUT2D eigenvalue weighted by Crippen LogP contribution is 2.68. The molecule has 29 heavy (non-hydrogen) atoms. The summed E-state index contributed by atoms with van der Waals surface area (Å²) in [7, 11) is 0. The minimum Gasteiger partial charge on any atom is -0.462 e. The van der Waals surface area contributed by atoms with Crippen LogP contribution in [0.5, 0.6) is 0 Å². The maximum atomic E-state index is 12.8. The average molecular weight is 425 g/mol. The molecule has 4 aliphatic rings. The summed E-state index contributed by atoms with van der Waals surface area (Å²) in [6.45, 7) is 7.17. The molecule has 4 rings (SSSR count). The van der Waals surface area contributed by atoms with Crippen LogP contribution < -0.4 is 0 Å². The third kappa shape index (κ3) is 2.61. The summed E-state index contributed by atoms with van der Waals surface area (Å²) in [6, 6.07) is 0. The summed E-state index contributed by atoms with van der Waals surface area (Å²) >= 11 is 6.69. The van der Waals surface area contributed by atoms with E-state index in [9.17, 15) is 19.5 Å². The van der Waals surface area contributed by atoms with Gasteiger partial charge in [-0.3, -0.25) is 9.59 Å². The fourth-order valence-corrected chi connectivity index (χ4v) is 7.69. The molecule has 0 unspecified atom stereocenters. The molecule has 7 heteroatoms. The van der Waals surface area contributed by atoms with Crippen molar-refractivity contribution < 1.29 is 29.0 Å². The molecule has 0 aromatic heterocycles. The van der Waals surface area contributed by atoms with Gasteiger partial charge in [0.25, 0.3) is 0 Å². The molecule has 0 bridgehead atoms. The molecule has 3 saturated carbocycles. The van der Waals surface area contributed by atoms with Gasteiger partial charge in [0.2, 0.25) is 0 Å². The number of rotatable bonds is 2. The van der Waals surface area contributed by atoms with Gasteiger partial charge in [-0.15, -0.1) is 11.6 Å². The predicted octanol–water partition coefficient (Wildman–Crippen LogP) is 2.79. The topological polar surface area (TPSA) is 89.9 Å². The van der Waals surface area contributed by atoms with Gasteiger partial charge in [-0.25, -0.2) is 4.79 Å². The van der Waals surface area contributed by atoms with E-state index in [4.69, 9.17) is 21.1 Å². The Morgan fingerprint density at radius 3 is 2.48 bits per heavy atom. The first-order valence-electron chi connectivity index (χ1n) is 10.4. The number of aliphatic hydroxyl groups excluding tert-OH is 1. The maximum Gasteiger partial charge on any atom is 0.330 e. The number of ketones is 1. The van der Waals surface area contributed by atoms with Crippen molar-refractivity contribution in [2.45, 2.75) is 70.5 Å². The number of hydrogen-bond donors (Lipinski definition) is 1. The van der Waals surface area contributed by atoms with Gasteiger partial charge in [0.05, 0.1) is 11.5 Å². The van der Waals surface area contributed by atoms with Crippen LogP contribution in [0.25, 0.3) is 0 Å². The molecule has 0 spiro atoms. The van der Waals surface area contributed by atoms with Crippen LogP contribution in [0.1, 0.15) is 53.4 Å². The summed E-state index contributed by atoms with van der Waals surface area (Å²) in [5, 5.41) is 10.6. The number of hydrogen-bond acceptors (Lipinski definition) is 6. The molecule has 0 aromatic rings. The zero-order chi connectivity index (χ0) is 21.4. The Morgan fingerprint density at radius 2 is 1.86 bits per heavy atom. The van der Waals surface area contributed by atoms with Crippen LogP contribution in [0.15, 0.2) is 11.6 Å². The minimum atomic E-state index is -1.16. The standard InChI is InChI=1S/C22H29ClO6/c1-11(24)22(29-12(2)25)8-6-14-17-13(5-7-21(14,22)4)20(3)10-28-16(26)9-15(20)18(23)19(17)27/h9,13-14,17-19,27H,5-8,10H2,1-4H3/t13-,14-,17+,18-,19-,20+,21-,22+/m0/s1. The lowest BCUT2D eigenvalue weighted by Crippen LogP contribution is -2.63. The number of Topliss-reactive ketones (excluding diaryl/α,β-unsaturated/α-hetero) is 1. The van der Waals surface area contributed by atoms with E-state index in [1.807, 2.05) is 6.92 Å². The third-order valence-electron chi connectivity index (χ3n) is 8.60. The number of fused-ring (bicyclic) bond motifs is 5. The largest absolute Gasteiger partial charge is 0.462 e. The Labute approximate surface area is 175 Å². The number of aliphatic hydroxyl groups is 1. The molecule has 1 aliphatic heterocycles. The lowest BCUT2D eigenvalue weighted by molar-refractivity contribution is -0.193. The van der Waals surface area contributed by atoms with Crippen LogP contribution in [0.3, 0.4) is 0 Å². The molecule has 0 amide bonds. The van der Waals surface area contributed by atoms with Crippen LogP contribution >= 0.6 is 11.6 Å². The first kappa shape index (κ1) is 20.9. The van der Waals surface area contributed by atoms with Crippen molar-refractivity contribution in [1.29, 1.82) is 0 Å². The van der Waals surface area contributed by atoms with Crippen LogP contribution in [0.4, 0.5) is 0 Å². The normalized spacial score (nSPS) is 48.6. The minimum absolute atomic E-state index is 0.0169. The number of esters is 2. The summed E-state index contributed by atoms with van der Waals surface area (Å²) in [5.74, 6) is -1.11. The van der Waals surface area contributed by atoms with Crippen molar-refractivity contribution >= 4 is 29.3 Å². The van der Waals surface area contributed by atoms with Crippen molar-refractivity contribution in [3.8, 4) is 0 Å². The van der Waals surface area contributed by atoms with Gasteiger partial charge in [-0.2, -0.15) is 0 Å². The number of carbonyl (C=O) groups is 3. The van der Waals surface area contributed by atoms with Gasteiger partial charge in [-0.05, 0) is 55.9 Å². The Kier molecular flexibility index (Phi) is 4.71. The maximum absolute atomic E-state index is 12.8. The first-order chi connectivity index (χ1) is 13.5. The second-order valence-corrected chi connectivity index (χ2v) is 10.2. The van der Waals surface area contributed by atoms with Gasteiger partial charge < -0.3 is 14.6 Å². The van der Waals surface area contributed by atoms with Crippen molar-refractivity contribution in [2.75, 3.05) is 6.61 Å². The molecule has 0 radical (unpaired) electrons. The van der Waals surface area contributed by atoms with Crippen molar-refractivity contribution in [3.05, 3.63) is 11.6 Å². The summed E-state index contributed by atoms with van der Waals surface area (Å²) in [4.78, 5) is 36.5. The molecule has 3 aliphatic carbocycles. The molecule has 160 valence electrons. The monoisotopic (exact) mass is 424 g/mol. The highest BCUT2D eigenvalue weighted by atomic mass is 35.5. The molecule has 1 N–H and O–H groups in total. The number of cyclic esters (lactones) is 1. The summed E-state index contributed by atoms with van der Waals surface area (Å²) in [6.07, 6.45) is 3.18. The molecular weight excluding hydrogens is 396 g/mol. The predicted molar refractivity (Wildman–Crippen MR) is 105 cm³/mol. The van der Waals surface area contributed by atoms with E-state index in [1.54, 1.807) is 0 Å². The Hall–Kier alpha value is -1.40. The smallest absolute Gasteiger partial charge is 0.330 e. The lowest BCUT2D eigenvalue weighted by Gasteiger charge is -2.60. The van der Waals surface area contributed by atoms with E-state index in [0.717, 1.165) is 12.0 Å². The third-order valence-corrected chi connectivity index (χ3v) is 9.09. The second-order valence-electron chi connectivity index (χ2n) is 9.78. The molecule has 1 heterocycles. The molecule has 8 atom stereocenters. The van der Waals surface area contributed by atoms with Crippen LogP contribution in [-0.2, 0) is 23.9 Å². The van der Waals surface area contributed by atoms with E-state index in [-0.39, 0.29) is 30.1 Å². The zero-order valence-corrected chi connectivity index (χ0v) is 18.1. The SMILES string of the molecule is CC(=O)O[C@@]1(C(C)=O)CC[C@H]2[C@@H]3[C@H](O)[C@@H](Cl)C4=CC(=O)OC[C@]4(C)[C@H]3CC[C@@]21C. The fraction of sp³-hybridized carbons (Fsp3) is 0.773. The van der Waals surface area contributed by atoms with E-state index >= 15 is 0 Å². The van der Waals surface area contributed by atoms with E-state index in [2.05, 4.69) is 6.92 Å². The molecule has 3 fully saturated rings. The molecule has 0 aromatic carbocycles. The van der Waals surface area contributed by atoms with Crippen LogP contribution in [-0.4, -0.2) is 46.5 Å². The van der Waals surface area contributed by atoms with E-state index in [1.165, 1.54) is 19.9 Å². The number of ether oxygens (including phenoxy) is 2. The van der Waals surface area contributed by atoms with Gasteiger partial charge in [-0.1, -0.05) is 13.8 Å². The zero-order valence-electron chi connectivity index (χ0n) is 17.4. The van der Waals surface area contributed by atoms with Crippen molar-refractivity contribution in [2.24, 2.45) is 28.6 Å². The van der Waals surface area contributed by atoms with Gasteiger partial charge in [0.1, 0.15) is 6.61 Å². The summed E-state index contributed by atoms with van der Waals surface area (Å²) < 4.78 is 11.1. The molecule has 0 saturated heterocycles. The molecule has 6 nitrogen and oxygen atoms in total. The highest BCUT2D eigenvalue weighted by Gasteiger charge is 2.70. The van der Waals surface area contributed by atoms with Gasteiger partial charge in [0, 0.05) is 23.8 Å². The Bertz CT molecular complexity index is 807. The van der Waals surface area contributed by atoms with Crippen LogP contribution in [0.2, 0.25) is 0 Å². The number of alkyl halides is 1. The average Bonchev–Trinajstić information content (AvgIpc) is 2.94. The lowest BCUT2D eigenvalue weighted by atomic mass is 9.46. The van der Waals surface area contributed by atoms with Crippen LogP contribution in [0, 0.1) is 28.6 Å². The summed E-state index contributed by atoms with van der Waals surface area (Å²) in [5.41, 5.74) is -1.41. The number of halogens is 1. The Balaban J connectivity index is 1.78. The highest BCUT2D eigenvalue weighted by molar-refractivity contribution is 6.23. The quantitative estimate of drug-likeness (QED) is 0.541. The first-order valence-corrected chi connectivity index (χ1v) is 10.8. The van der Waals surface area contributed by atoms with E-state index < -0.39 is 39.9 Å². The van der Waals surface area contributed by atoms with Gasteiger partial charge in [0.15, 0.2) is 11.4 Å². The fourth-order valence-electron chi connectivity index (χ4n) is 7.21. The number of carbonyl (C=O) groups excluding carboxylic acids is 3.